The molecule has 0 aliphatic rings. The van der Waals surface area contributed by atoms with Crippen LogP contribution in [0.25, 0.3) is 22.1 Å². The van der Waals surface area contributed by atoms with Gasteiger partial charge in [0.15, 0.2) is 0 Å². The molecule has 112 valence electrons. The van der Waals surface area contributed by atoms with Gasteiger partial charge in [0.05, 0.1) is 5.56 Å². The summed E-state index contributed by atoms with van der Waals surface area (Å²) >= 11 is 0. The summed E-state index contributed by atoms with van der Waals surface area (Å²) in [6.07, 6.45) is 0. The van der Waals surface area contributed by atoms with Crippen molar-refractivity contribution in [2.75, 3.05) is 0 Å². The summed E-state index contributed by atoms with van der Waals surface area (Å²) in [5, 5.41) is 8.85. The van der Waals surface area contributed by atoms with Gasteiger partial charge in [0.2, 0.25) is 5.43 Å². The van der Waals surface area contributed by atoms with Gasteiger partial charge in [-0.2, -0.15) is 8.42 Å². The Morgan fingerprint density at radius 2 is 1.64 bits per heavy atom. The van der Waals surface area contributed by atoms with Crippen LogP contribution in [0, 0.1) is 0 Å². The molecule has 0 radical (unpaired) electrons. The summed E-state index contributed by atoms with van der Waals surface area (Å²) in [5.74, 6) is -0.328. The maximum Gasteiger partial charge on any atom is 0.329 e. The predicted octanol–water partition coefficient (Wildman–Crippen LogP) is 2.41. The van der Waals surface area contributed by atoms with Crippen molar-refractivity contribution in [1.82, 2.24) is 0 Å². The second kappa shape index (κ2) is 4.97. The van der Waals surface area contributed by atoms with E-state index in [9.17, 15) is 22.9 Å². The molecular weight excluding hydrogens is 308 g/mol. The van der Waals surface area contributed by atoms with Gasteiger partial charge in [0.25, 0.3) is 5.09 Å². The molecule has 0 bridgehead atoms. The first-order valence-corrected chi connectivity index (χ1v) is 7.65. The largest absolute Gasteiger partial charge is 0.507 e. The van der Waals surface area contributed by atoms with E-state index in [1.807, 2.05) is 0 Å². The molecule has 0 fully saturated rings. The van der Waals surface area contributed by atoms with Gasteiger partial charge in [-0.25, -0.2) is 0 Å². The molecule has 6 nitrogen and oxygen atoms in total. The summed E-state index contributed by atoms with van der Waals surface area (Å²) in [6, 6.07) is 11.9. The molecule has 0 unspecified atom stereocenters. The van der Waals surface area contributed by atoms with E-state index in [1.165, 1.54) is 30.3 Å². The van der Waals surface area contributed by atoms with E-state index in [4.69, 9.17) is 4.42 Å². The summed E-state index contributed by atoms with van der Waals surface area (Å²) in [7, 11) is -4.76. The lowest BCUT2D eigenvalue weighted by atomic mass is 10.1. The number of fused-ring (bicyclic) bond motifs is 1. The lowest BCUT2D eigenvalue weighted by Crippen LogP contribution is -2.12. The molecular formula is C15H10O6S. The molecule has 1 aromatic heterocycles. The average molecular weight is 318 g/mol. The Bertz CT molecular complexity index is 1020. The Balaban J connectivity index is 2.56. The maximum absolute atomic E-state index is 12.6. The van der Waals surface area contributed by atoms with Gasteiger partial charge in [-0.3, -0.25) is 9.35 Å². The Hall–Kier alpha value is -2.64. The van der Waals surface area contributed by atoms with Crippen LogP contribution in [-0.2, 0) is 10.1 Å². The molecule has 7 heteroatoms. The van der Waals surface area contributed by atoms with Crippen LogP contribution < -0.4 is 5.43 Å². The number of hydrogen-bond donors (Lipinski definition) is 2. The highest BCUT2D eigenvalue weighted by molar-refractivity contribution is 7.85. The Labute approximate surface area is 125 Å². The monoisotopic (exact) mass is 318 g/mol. The summed E-state index contributed by atoms with van der Waals surface area (Å²) in [5.41, 5.74) is -0.929. The van der Waals surface area contributed by atoms with Crippen molar-refractivity contribution in [3.05, 3.63) is 58.8 Å². The smallest absolute Gasteiger partial charge is 0.329 e. The molecule has 0 saturated heterocycles. The fourth-order valence-corrected chi connectivity index (χ4v) is 2.90. The number of benzene rings is 2. The van der Waals surface area contributed by atoms with Crippen LogP contribution in [0.2, 0.25) is 0 Å². The number of rotatable bonds is 2. The van der Waals surface area contributed by atoms with Gasteiger partial charge in [-0.1, -0.05) is 36.4 Å². The SMILES string of the molecule is O=c1c(-c2ccccc2)c(S(=O)(=O)O)oc2cccc(O)c12. The molecule has 3 aromatic rings. The minimum atomic E-state index is -4.76. The van der Waals surface area contributed by atoms with Crippen molar-refractivity contribution in [3.8, 4) is 16.9 Å². The zero-order valence-electron chi connectivity index (χ0n) is 11.1. The molecule has 2 aromatic carbocycles. The van der Waals surface area contributed by atoms with Gasteiger partial charge in [0.1, 0.15) is 16.7 Å². The van der Waals surface area contributed by atoms with Crippen molar-refractivity contribution < 1.29 is 22.5 Å². The van der Waals surface area contributed by atoms with Crippen molar-refractivity contribution in [2.45, 2.75) is 5.09 Å². The van der Waals surface area contributed by atoms with Crippen LogP contribution in [0.15, 0.2) is 62.8 Å². The second-order valence-electron chi connectivity index (χ2n) is 4.59. The van der Waals surface area contributed by atoms with E-state index in [2.05, 4.69) is 0 Å². The third-order valence-corrected chi connectivity index (χ3v) is 3.92. The lowest BCUT2D eigenvalue weighted by Gasteiger charge is -2.08. The molecule has 0 atom stereocenters. The molecule has 0 aliphatic carbocycles. The maximum atomic E-state index is 12.6. The van der Waals surface area contributed by atoms with E-state index in [0.717, 1.165) is 0 Å². The zero-order valence-corrected chi connectivity index (χ0v) is 11.9. The molecule has 1 heterocycles. The summed E-state index contributed by atoms with van der Waals surface area (Å²) < 4.78 is 37.7. The Morgan fingerprint density at radius 3 is 2.27 bits per heavy atom. The first-order valence-electron chi connectivity index (χ1n) is 6.21. The average Bonchev–Trinajstić information content (AvgIpc) is 2.47. The Kier molecular flexibility index (Phi) is 3.23. The van der Waals surface area contributed by atoms with Crippen LogP contribution in [0.4, 0.5) is 0 Å². The number of hydrogen-bond acceptors (Lipinski definition) is 5. The van der Waals surface area contributed by atoms with Crippen molar-refractivity contribution in [3.63, 3.8) is 0 Å². The standard InChI is InChI=1S/C15H10O6S/c16-10-7-4-8-11-13(10)14(17)12(9-5-2-1-3-6-9)15(21-11)22(18,19)20/h1-8,16H,(H,18,19,20). The van der Waals surface area contributed by atoms with Gasteiger partial charge in [0, 0.05) is 0 Å². The van der Waals surface area contributed by atoms with E-state index >= 15 is 0 Å². The first-order chi connectivity index (χ1) is 10.4. The fourth-order valence-electron chi connectivity index (χ4n) is 2.24. The topological polar surface area (TPSA) is 105 Å². The lowest BCUT2D eigenvalue weighted by molar-refractivity contribution is 0.417. The second-order valence-corrected chi connectivity index (χ2v) is 5.91. The highest BCUT2D eigenvalue weighted by atomic mass is 32.2. The number of aromatic hydroxyl groups is 1. The minimum absolute atomic E-state index is 0.127. The molecule has 0 saturated carbocycles. The van der Waals surface area contributed by atoms with Crippen LogP contribution in [0.1, 0.15) is 0 Å². The van der Waals surface area contributed by atoms with E-state index in [-0.39, 0.29) is 27.8 Å². The van der Waals surface area contributed by atoms with Crippen LogP contribution in [-0.4, -0.2) is 18.1 Å². The van der Waals surface area contributed by atoms with Crippen LogP contribution in [0.3, 0.4) is 0 Å². The first kappa shape index (κ1) is 14.3. The molecule has 0 spiro atoms. The highest BCUT2D eigenvalue weighted by Crippen LogP contribution is 2.30. The normalized spacial score (nSPS) is 11.7. The number of phenols is 1. The highest BCUT2D eigenvalue weighted by Gasteiger charge is 2.26. The van der Waals surface area contributed by atoms with Gasteiger partial charge >= 0.3 is 10.1 Å². The molecule has 0 aliphatic heterocycles. The molecule has 22 heavy (non-hydrogen) atoms. The quantitative estimate of drug-likeness (QED) is 0.703. The molecule has 2 N–H and O–H groups in total. The molecule has 3 rings (SSSR count). The van der Waals surface area contributed by atoms with Crippen molar-refractivity contribution in [1.29, 1.82) is 0 Å². The van der Waals surface area contributed by atoms with Crippen molar-refractivity contribution >= 4 is 21.1 Å². The minimum Gasteiger partial charge on any atom is -0.507 e. The zero-order chi connectivity index (χ0) is 15.9. The predicted molar refractivity (Wildman–Crippen MR) is 79.4 cm³/mol. The van der Waals surface area contributed by atoms with E-state index in [1.54, 1.807) is 18.2 Å². The van der Waals surface area contributed by atoms with Crippen LogP contribution >= 0.6 is 0 Å². The third-order valence-electron chi connectivity index (χ3n) is 3.16. The Morgan fingerprint density at radius 1 is 0.955 bits per heavy atom. The van der Waals surface area contributed by atoms with Crippen LogP contribution in [0.5, 0.6) is 5.75 Å². The summed E-state index contributed by atoms with van der Waals surface area (Å²) in [6.45, 7) is 0. The van der Waals surface area contributed by atoms with E-state index < -0.39 is 20.6 Å². The fraction of sp³-hybridized carbons (Fsp3) is 0. The molecule has 0 amide bonds. The third kappa shape index (κ3) is 2.26. The van der Waals surface area contributed by atoms with Gasteiger partial charge in [-0.05, 0) is 17.7 Å². The van der Waals surface area contributed by atoms with Crippen molar-refractivity contribution in [2.24, 2.45) is 0 Å². The number of phenolic OH excluding ortho intramolecular Hbond substituents is 1. The van der Waals surface area contributed by atoms with Gasteiger partial charge in [-0.15, -0.1) is 0 Å². The summed E-state index contributed by atoms with van der Waals surface area (Å²) in [4.78, 5) is 12.6. The van der Waals surface area contributed by atoms with Gasteiger partial charge < -0.3 is 9.52 Å². The van der Waals surface area contributed by atoms with E-state index in [0.29, 0.717) is 0 Å².